The molecule has 0 aliphatic heterocycles. The number of carbonyl (C=O) groups excluding carboxylic acids is 1. The number of hydrogen-bond acceptors (Lipinski definition) is 4. The summed E-state index contributed by atoms with van der Waals surface area (Å²) in [6.45, 7) is 2.52. The number of aromatic nitrogens is 1. The zero-order valence-corrected chi connectivity index (χ0v) is 14.1. The third-order valence-electron chi connectivity index (χ3n) is 3.34. The lowest BCUT2D eigenvalue weighted by Gasteiger charge is -2.06. The Balaban J connectivity index is 1.93. The molecule has 1 amide bonds. The molecule has 0 aliphatic carbocycles. The normalized spacial score (nSPS) is 12.1. The Kier molecular flexibility index (Phi) is 6.15. The van der Waals surface area contributed by atoms with Crippen LogP contribution >= 0.6 is 15.9 Å². The second-order valence-corrected chi connectivity index (χ2v) is 5.95. The van der Waals surface area contributed by atoms with Crippen LogP contribution in [0.4, 0.5) is 0 Å². The fourth-order valence-corrected chi connectivity index (χ4v) is 2.44. The maximum Gasteiger partial charge on any atom is 0.273 e. The summed E-state index contributed by atoms with van der Waals surface area (Å²) in [6.07, 6.45) is 4.23. The van der Waals surface area contributed by atoms with Crippen molar-refractivity contribution in [1.29, 1.82) is 0 Å². The van der Waals surface area contributed by atoms with E-state index in [-0.39, 0.29) is 17.6 Å². The molecule has 0 fully saturated rings. The Morgan fingerprint density at radius 3 is 2.95 bits per heavy atom. The predicted octanol–water partition coefficient (Wildman–Crippen LogP) is 3.56. The Hall–Kier alpha value is -1.66. The monoisotopic (exact) mass is 365 g/mol. The minimum Gasteiger partial charge on any atom is -0.446 e. The van der Waals surface area contributed by atoms with Crippen LogP contribution in [0, 0.1) is 0 Å². The van der Waals surface area contributed by atoms with Crippen LogP contribution < -0.4 is 11.1 Å². The highest BCUT2D eigenvalue weighted by atomic mass is 79.9. The second-order valence-electron chi connectivity index (χ2n) is 5.09. The van der Waals surface area contributed by atoms with Gasteiger partial charge in [0.2, 0.25) is 5.89 Å². The van der Waals surface area contributed by atoms with Gasteiger partial charge < -0.3 is 15.5 Å². The van der Waals surface area contributed by atoms with Crippen molar-refractivity contribution in [3.05, 3.63) is 52.1 Å². The van der Waals surface area contributed by atoms with Gasteiger partial charge >= 0.3 is 0 Å². The van der Waals surface area contributed by atoms with Gasteiger partial charge in [-0.15, -0.1) is 0 Å². The van der Waals surface area contributed by atoms with Crippen LogP contribution in [0.5, 0.6) is 0 Å². The summed E-state index contributed by atoms with van der Waals surface area (Å²) >= 11 is 3.45. The van der Waals surface area contributed by atoms with Crippen LogP contribution in [0.15, 0.2) is 39.4 Å². The third kappa shape index (κ3) is 4.42. The fourth-order valence-electron chi connectivity index (χ4n) is 2.02. The molecule has 1 aromatic heterocycles. The summed E-state index contributed by atoms with van der Waals surface area (Å²) in [4.78, 5) is 16.3. The number of nitrogens with one attached hydrogen (secondary N) is 1. The highest BCUT2D eigenvalue weighted by Crippen LogP contribution is 2.17. The van der Waals surface area contributed by atoms with Gasteiger partial charge in [-0.05, 0) is 18.1 Å². The number of unbranched alkanes of at least 4 members (excludes halogenated alkanes) is 1. The number of oxazole rings is 1. The van der Waals surface area contributed by atoms with Crippen LogP contribution in [0.25, 0.3) is 0 Å². The molecule has 0 bridgehead atoms. The molecule has 1 unspecified atom stereocenters. The van der Waals surface area contributed by atoms with Gasteiger partial charge in [-0.1, -0.05) is 53.9 Å². The molecule has 0 spiro atoms. The van der Waals surface area contributed by atoms with Crippen molar-refractivity contribution < 1.29 is 9.21 Å². The van der Waals surface area contributed by atoms with E-state index in [1.54, 1.807) is 0 Å². The van der Waals surface area contributed by atoms with Gasteiger partial charge in [-0.25, -0.2) is 4.98 Å². The van der Waals surface area contributed by atoms with Gasteiger partial charge in [0, 0.05) is 11.0 Å². The van der Waals surface area contributed by atoms with Gasteiger partial charge in [0.25, 0.3) is 5.91 Å². The molecule has 2 aromatic rings. The van der Waals surface area contributed by atoms with E-state index < -0.39 is 0 Å². The SMILES string of the molecule is CCCCC(N)c1nc(C(=O)NCc2ccccc2Br)co1. The number of halogens is 1. The molecule has 5 nitrogen and oxygen atoms in total. The summed E-state index contributed by atoms with van der Waals surface area (Å²) in [7, 11) is 0. The van der Waals surface area contributed by atoms with Crippen molar-refractivity contribution in [3.63, 3.8) is 0 Å². The Morgan fingerprint density at radius 1 is 1.45 bits per heavy atom. The standard InChI is InChI=1S/C16H20BrN3O2/c1-2-3-8-13(18)16-20-14(10-22-16)15(21)19-9-11-6-4-5-7-12(11)17/h4-7,10,13H,2-3,8-9,18H2,1H3,(H,19,21). The van der Waals surface area contributed by atoms with Gasteiger partial charge in [0.1, 0.15) is 6.26 Å². The molecular weight excluding hydrogens is 346 g/mol. The van der Waals surface area contributed by atoms with E-state index in [4.69, 9.17) is 10.2 Å². The molecule has 118 valence electrons. The predicted molar refractivity (Wildman–Crippen MR) is 88.3 cm³/mol. The van der Waals surface area contributed by atoms with Crippen molar-refractivity contribution >= 4 is 21.8 Å². The first-order chi connectivity index (χ1) is 10.6. The largest absolute Gasteiger partial charge is 0.446 e. The molecular formula is C16H20BrN3O2. The van der Waals surface area contributed by atoms with E-state index >= 15 is 0 Å². The minimum absolute atomic E-state index is 0.258. The van der Waals surface area contributed by atoms with Crippen LogP contribution in [0.1, 0.15) is 54.2 Å². The van der Waals surface area contributed by atoms with Gasteiger partial charge in [0.05, 0.1) is 6.04 Å². The maximum atomic E-state index is 12.1. The van der Waals surface area contributed by atoms with E-state index in [1.165, 1.54) is 6.26 Å². The number of nitrogens with zero attached hydrogens (tertiary/aromatic N) is 1. The van der Waals surface area contributed by atoms with Crippen molar-refractivity contribution in [2.24, 2.45) is 5.73 Å². The van der Waals surface area contributed by atoms with Crippen LogP contribution in [-0.2, 0) is 6.54 Å². The first-order valence-corrected chi connectivity index (χ1v) is 8.13. The molecule has 0 saturated heterocycles. The lowest BCUT2D eigenvalue weighted by atomic mass is 10.1. The van der Waals surface area contributed by atoms with E-state index in [0.29, 0.717) is 12.4 Å². The van der Waals surface area contributed by atoms with Crippen LogP contribution in [0.3, 0.4) is 0 Å². The zero-order chi connectivity index (χ0) is 15.9. The molecule has 3 N–H and O–H groups in total. The van der Waals surface area contributed by atoms with E-state index in [1.807, 2.05) is 24.3 Å². The summed E-state index contributed by atoms with van der Waals surface area (Å²) in [6, 6.07) is 7.47. The zero-order valence-electron chi connectivity index (χ0n) is 12.5. The third-order valence-corrected chi connectivity index (χ3v) is 4.11. The summed E-state index contributed by atoms with van der Waals surface area (Å²) in [5.74, 6) is 0.146. The maximum absolute atomic E-state index is 12.1. The number of carbonyl (C=O) groups is 1. The fraction of sp³-hybridized carbons (Fsp3) is 0.375. The Labute approximate surface area is 138 Å². The Morgan fingerprint density at radius 2 is 2.23 bits per heavy atom. The molecule has 0 radical (unpaired) electrons. The summed E-state index contributed by atoms with van der Waals surface area (Å²) in [5.41, 5.74) is 7.24. The topological polar surface area (TPSA) is 81.1 Å². The minimum atomic E-state index is -0.270. The summed E-state index contributed by atoms with van der Waals surface area (Å²) < 4.78 is 6.27. The van der Waals surface area contributed by atoms with E-state index in [0.717, 1.165) is 29.3 Å². The van der Waals surface area contributed by atoms with Crippen molar-refractivity contribution in [2.45, 2.75) is 38.8 Å². The first-order valence-electron chi connectivity index (χ1n) is 7.34. The molecule has 2 rings (SSSR count). The molecule has 6 heteroatoms. The molecule has 1 heterocycles. The van der Waals surface area contributed by atoms with Gasteiger partial charge in [-0.3, -0.25) is 4.79 Å². The lowest BCUT2D eigenvalue weighted by Crippen LogP contribution is -2.23. The summed E-state index contributed by atoms with van der Waals surface area (Å²) in [5, 5.41) is 2.82. The number of nitrogens with two attached hydrogens (primary N) is 1. The quantitative estimate of drug-likeness (QED) is 0.785. The number of hydrogen-bond donors (Lipinski definition) is 2. The van der Waals surface area contributed by atoms with E-state index in [9.17, 15) is 4.79 Å². The van der Waals surface area contributed by atoms with Crippen LogP contribution in [0.2, 0.25) is 0 Å². The number of benzene rings is 1. The van der Waals surface area contributed by atoms with Crippen molar-refractivity contribution in [3.8, 4) is 0 Å². The molecule has 0 saturated carbocycles. The van der Waals surface area contributed by atoms with Crippen LogP contribution in [-0.4, -0.2) is 10.9 Å². The Bertz CT molecular complexity index is 627. The average molecular weight is 366 g/mol. The molecule has 0 aliphatic rings. The smallest absolute Gasteiger partial charge is 0.273 e. The molecule has 22 heavy (non-hydrogen) atoms. The molecule has 1 aromatic carbocycles. The number of amides is 1. The van der Waals surface area contributed by atoms with E-state index in [2.05, 4.69) is 33.2 Å². The van der Waals surface area contributed by atoms with Crippen molar-refractivity contribution in [1.82, 2.24) is 10.3 Å². The first kappa shape index (κ1) is 16.7. The van der Waals surface area contributed by atoms with Crippen molar-refractivity contribution in [2.75, 3.05) is 0 Å². The van der Waals surface area contributed by atoms with Gasteiger partial charge in [-0.2, -0.15) is 0 Å². The highest BCUT2D eigenvalue weighted by Gasteiger charge is 2.16. The highest BCUT2D eigenvalue weighted by molar-refractivity contribution is 9.10. The lowest BCUT2D eigenvalue weighted by molar-refractivity contribution is 0.0946. The number of rotatable bonds is 7. The second kappa shape index (κ2) is 8.10. The molecule has 1 atom stereocenters. The average Bonchev–Trinajstić information content (AvgIpc) is 3.01. The van der Waals surface area contributed by atoms with Gasteiger partial charge in [0.15, 0.2) is 5.69 Å².